The Morgan fingerprint density at radius 1 is 0.977 bits per heavy atom. The molecule has 1 unspecified atom stereocenters. The molecule has 1 saturated heterocycles. The van der Waals surface area contributed by atoms with Crippen molar-refractivity contribution >= 4 is 23.4 Å². The van der Waals surface area contributed by atoms with Crippen molar-refractivity contribution in [2.45, 2.75) is 92.9 Å². The van der Waals surface area contributed by atoms with Crippen LogP contribution in [-0.2, 0) is 22.5 Å². The molecule has 1 fully saturated rings. The monoisotopic (exact) mass is 586 g/mol. The van der Waals surface area contributed by atoms with E-state index in [-0.39, 0.29) is 11.4 Å². The van der Waals surface area contributed by atoms with Crippen LogP contribution in [-0.4, -0.2) is 51.3 Å². The van der Waals surface area contributed by atoms with E-state index in [4.69, 9.17) is 15.5 Å². The molecule has 0 amide bonds. The van der Waals surface area contributed by atoms with Crippen LogP contribution in [0.25, 0.3) is 11.1 Å². The summed E-state index contributed by atoms with van der Waals surface area (Å²) >= 11 is 0. The van der Waals surface area contributed by atoms with Crippen LogP contribution in [0.15, 0.2) is 24.3 Å². The number of anilines is 3. The highest BCUT2D eigenvalue weighted by Gasteiger charge is 2.36. The van der Waals surface area contributed by atoms with Crippen molar-refractivity contribution in [2.24, 2.45) is 5.41 Å². The smallest absolute Gasteiger partial charge is 0.337 e. The van der Waals surface area contributed by atoms with E-state index in [0.717, 1.165) is 79.5 Å². The number of carbonyl (C=O) groups is 1. The predicted octanol–water partition coefficient (Wildman–Crippen LogP) is 6.18. The summed E-state index contributed by atoms with van der Waals surface area (Å²) in [5.41, 5.74) is 14.2. The van der Waals surface area contributed by atoms with Gasteiger partial charge in [0.2, 0.25) is 5.95 Å². The van der Waals surface area contributed by atoms with Crippen molar-refractivity contribution in [3.8, 4) is 11.1 Å². The summed E-state index contributed by atoms with van der Waals surface area (Å²) < 4.78 is 6.24. The number of benzene rings is 1. The molecule has 4 heterocycles. The first kappa shape index (κ1) is 30.7. The van der Waals surface area contributed by atoms with Crippen LogP contribution in [0.2, 0.25) is 0 Å². The number of piperidine rings is 1. The van der Waals surface area contributed by atoms with Crippen molar-refractivity contribution in [3.05, 3.63) is 58.0 Å². The predicted molar refractivity (Wildman–Crippen MR) is 172 cm³/mol. The van der Waals surface area contributed by atoms with Crippen molar-refractivity contribution < 1.29 is 14.6 Å². The van der Waals surface area contributed by atoms with E-state index >= 15 is 0 Å². The Morgan fingerprint density at radius 3 is 2.30 bits per heavy atom. The van der Waals surface area contributed by atoms with E-state index in [1.165, 1.54) is 11.1 Å². The number of aliphatic carboxylic acids is 1. The van der Waals surface area contributed by atoms with E-state index < -0.39 is 17.7 Å². The van der Waals surface area contributed by atoms with E-state index in [1.807, 2.05) is 47.6 Å². The summed E-state index contributed by atoms with van der Waals surface area (Å²) in [4.78, 5) is 31.0. The van der Waals surface area contributed by atoms with Crippen LogP contribution in [0.1, 0.15) is 87.3 Å². The number of nitrogens with zero attached hydrogens (tertiary/aromatic N) is 5. The largest absolute Gasteiger partial charge is 0.479 e. The summed E-state index contributed by atoms with van der Waals surface area (Å²) in [7, 11) is 0. The van der Waals surface area contributed by atoms with Gasteiger partial charge in [-0.2, -0.15) is 4.98 Å². The topological polar surface area (TPSA) is 118 Å². The fourth-order valence-corrected chi connectivity index (χ4v) is 6.40. The third kappa shape index (κ3) is 6.61. The first-order valence-electron chi connectivity index (χ1n) is 15.3. The van der Waals surface area contributed by atoms with Gasteiger partial charge in [-0.3, -0.25) is 4.98 Å². The third-order valence-corrected chi connectivity index (χ3v) is 8.66. The molecule has 0 aliphatic carbocycles. The zero-order valence-electron chi connectivity index (χ0n) is 26.9. The van der Waals surface area contributed by atoms with Crippen LogP contribution < -0.4 is 15.5 Å². The van der Waals surface area contributed by atoms with E-state index in [2.05, 4.69) is 51.8 Å². The van der Waals surface area contributed by atoms with Gasteiger partial charge < -0.3 is 25.4 Å². The van der Waals surface area contributed by atoms with Crippen molar-refractivity contribution in [1.29, 1.82) is 0 Å². The number of hydrogen-bond acceptors (Lipinski definition) is 8. The first-order valence-corrected chi connectivity index (χ1v) is 15.3. The zero-order chi connectivity index (χ0) is 31.3. The second-order valence-electron chi connectivity index (χ2n) is 13.9. The van der Waals surface area contributed by atoms with Gasteiger partial charge in [0.05, 0.1) is 11.3 Å². The fourth-order valence-electron chi connectivity index (χ4n) is 6.40. The standard InChI is InChI=1S/C34H46N6O3/c1-20-17-26(38-32(35)36-20)40-14-11-23-18-24(9-10-25(23)19-40)27-21(2)37-22(3)28(30(31(41)42)43-33(4,5)6)29(27)39-15-12-34(7,8)13-16-39/h9-10,17-18,30H,11-16,19H2,1-8H3,(H,41,42)(H2,35,36,38). The minimum Gasteiger partial charge on any atom is -0.479 e. The number of aromatic nitrogens is 3. The number of fused-ring (bicyclic) bond motifs is 1. The molecule has 2 aliphatic rings. The molecule has 1 aromatic carbocycles. The van der Waals surface area contributed by atoms with Gasteiger partial charge in [0.15, 0.2) is 6.10 Å². The number of carboxylic acids is 1. The van der Waals surface area contributed by atoms with E-state index in [0.29, 0.717) is 11.3 Å². The van der Waals surface area contributed by atoms with Gasteiger partial charge in [-0.25, -0.2) is 9.78 Å². The molecule has 0 bridgehead atoms. The molecule has 43 heavy (non-hydrogen) atoms. The summed E-state index contributed by atoms with van der Waals surface area (Å²) in [5, 5.41) is 10.5. The average Bonchev–Trinajstić information content (AvgIpc) is 2.90. The van der Waals surface area contributed by atoms with Gasteiger partial charge in [0.25, 0.3) is 0 Å². The minimum absolute atomic E-state index is 0.243. The van der Waals surface area contributed by atoms with Crippen LogP contribution in [0.5, 0.6) is 0 Å². The van der Waals surface area contributed by atoms with E-state index in [1.54, 1.807) is 0 Å². The molecule has 230 valence electrons. The molecule has 9 nitrogen and oxygen atoms in total. The van der Waals surface area contributed by atoms with Crippen molar-refractivity contribution in [1.82, 2.24) is 15.0 Å². The maximum Gasteiger partial charge on any atom is 0.337 e. The summed E-state index contributed by atoms with van der Waals surface area (Å²) in [5.74, 6) is 0.134. The lowest BCUT2D eigenvalue weighted by atomic mass is 9.81. The minimum atomic E-state index is -1.13. The Bertz CT molecular complexity index is 1510. The number of nitrogen functional groups attached to an aromatic ring is 1. The maximum atomic E-state index is 12.8. The molecule has 2 aromatic heterocycles. The maximum absolute atomic E-state index is 12.8. The number of hydrogen-bond donors (Lipinski definition) is 2. The summed E-state index contributed by atoms with van der Waals surface area (Å²) in [6.45, 7) is 19.4. The zero-order valence-corrected chi connectivity index (χ0v) is 26.9. The average molecular weight is 587 g/mol. The van der Waals surface area contributed by atoms with Crippen molar-refractivity contribution in [3.63, 3.8) is 0 Å². The van der Waals surface area contributed by atoms with Gasteiger partial charge in [0.1, 0.15) is 5.82 Å². The van der Waals surface area contributed by atoms with Crippen LogP contribution in [0.4, 0.5) is 17.5 Å². The Hall–Kier alpha value is -3.72. The Balaban J connectivity index is 1.61. The number of nitrogens with two attached hydrogens (primary N) is 1. The molecular formula is C34H46N6O3. The fraction of sp³-hybridized carbons (Fsp3) is 0.529. The van der Waals surface area contributed by atoms with E-state index in [9.17, 15) is 9.90 Å². The quantitative estimate of drug-likeness (QED) is 0.349. The normalized spacial score (nSPS) is 17.5. The number of rotatable bonds is 6. The molecule has 5 rings (SSSR count). The first-order chi connectivity index (χ1) is 20.1. The van der Waals surface area contributed by atoms with Gasteiger partial charge in [-0.05, 0) is 82.9 Å². The molecule has 0 radical (unpaired) electrons. The highest BCUT2D eigenvalue weighted by Crippen LogP contribution is 2.45. The molecule has 3 aromatic rings. The number of ether oxygens (including phenoxy) is 1. The van der Waals surface area contributed by atoms with Gasteiger partial charge in [0, 0.05) is 60.5 Å². The van der Waals surface area contributed by atoms with Gasteiger partial charge >= 0.3 is 5.97 Å². The molecule has 0 saturated carbocycles. The van der Waals surface area contributed by atoms with Gasteiger partial charge in [-0.15, -0.1) is 0 Å². The van der Waals surface area contributed by atoms with Crippen molar-refractivity contribution in [2.75, 3.05) is 35.2 Å². The molecule has 3 N–H and O–H groups in total. The highest BCUT2D eigenvalue weighted by molar-refractivity contribution is 5.88. The summed E-state index contributed by atoms with van der Waals surface area (Å²) in [6, 6.07) is 8.59. The highest BCUT2D eigenvalue weighted by atomic mass is 16.5. The number of pyridine rings is 1. The Morgan fingerprint density at radius 2 is 1.67 bits per heavy atom. The van der Waals surface area contributed by atoms with Crippen LogP contribution in [0, 0.1) is 26.2 Å². The number of carboxylic acid groups (broad SMARTS) is 1. The lowest BCUT2D eigenvalue weighted by Crippen LogP contribution is -2.39. The molecule has 0 spiro atoms. The second kappa shape index (κ2) is 11.4. The second-order valence-corrected chi connectivity index (χ2v) is 13.9. The van der Waals surface area contributed by atoms with Crippen LogP contribution in [0.3, 0.4) is 0 Å². The SMILES string of the molecule is Cc1cc(N2CCc3cc(-c4c(C)nc(C)c(C(OC(C)(C)C)C(=O)O)c4N4CCC(C)(C)CC4)ccc3C2)nc(N)n1. The molecule has 9 heteroatoms. The Kier molecular flexibility index (Phi) is 8.15. The lowest BCUT2D eigenvalue weighted by molar-refractivity contribution is -0.160. The Labute approximate surface area is 255 Å². The molecule has 1 atom stereocenters. The molecular weight excluding hydrogens is 540 g/mol. The lowest BCUT2D eigenvalue weighted by Gasteiger charge is -2.41. The molecule has 2 aliphatic heterocycles. The summed E-state index contributed by atoms with van der Waals surface area (Å²) in [6.07, 6.45) is 1.77. The van der Waals surface area contributed by atoms with Gasteiger partial charge in [-0.1, -0.05) is 32.0 Å². The third-order valence-electron chi connectivity index (χ3n) is 8.66. The van der Waals surface area contributed by atoms with Crippen LogP contribution >= 0.6 is 0 Å². The number of aryl methyl sites for hydroxylation is 3.